The van der Waals surface area contributed by atoms with Crippen molar-refractivity contribution in [3.8, 4) is 5.88 Å². The lowest BCUT2D eigenvalue weighted by Gasteiger charge is -2.28. The minimum absolute atomic E-state index is 0.242. The molecule has 0 aromatic carbocycles. The number of hydrogen-bond donors (Lipinski definition) is 1. The van der Waals surface area contributed by atoms with E-state index in [-0.39, 0.29) is 6.61 Å². The summed E-state index contributed by atoms with van der Waals surface area (Å²) in [5.74, 6) is 2.08. The summed E-state index contributed by atoms with van der Waals surface area (Å²) in [7, 11) is 0. The second kappa shape index (κ2) is 6.96. The molecule has 4 nitrogen and oxygen atoms in total. The molecule has 2 aliphatic rings. The van der Waals surface area contributed by atoms with Gasteiger partial charge in [-0.3, -0.25) is 0 Å². The quantitative estimate of drug-likeness (QED) is 0.869. The molecule has 2 aromatic heterocycles. The van der Waals surface area contributed by atoms with Crippen LogP contribution in [-0.4, -0.2) is 27.8 Å². The van der Waals surface area contributed by atoms with Gasteiger partial charge >= 0.3 is 0 Å². The largest absolute Gasteiger partial charge is 0.474 e. The standard InChI is InChI=1S/C19H26N2O2S/c1-2-12-3-6-14(7-4-12)23-18-17-16-13(9-10-22)5-8-15(16)24-19(17)21-11-20-18/h11-14,22H,2-10H2,1H3/t12?,13-,14?/m1/s1. The van der Waals surface area contributed by atoms with E-state index in [0.717, 1.165) is 54.1 Å². The highest BCUT2D eigenvalue weighted by Crippen LogP contribution is 2.47. The number of thiophene rings is 1. The van der Waals surface area contributed by atoms with E-state index in [4.69, 9.17) is 4.74 Å². The van der Waals surface area contributed by atoms with Crippen LogP contribution >= 0.6 is 11.3 Å². The Kier molecular flexibility index (Phi) is 4.72. The molecular formula is C19H26N2O2S. The van der Waals surface area contributed by atoms with Crippen molar-refractivity contribution in [3.05, 3.63) is 16.8 Å². The van der Waals surface area contributed by atoms with Crippen molar-refractivity contribution in [3.63, 3.8) is 0 Å². The van der Waals surface area contributed by atoms with E-state index in [1.807, 2.05) is 0 Å². The molecule has 1 N–H and O–H groups in total. The van der Waals surface area contributed by atoms with Crippen LogP contribution in [0.2, 0.25) is 0 Å². The fourth-order valence-electron chi connectivity index (χ4n) is 4.39. The van der Waals surface area contributed by atoms with Crippen molar-refractivity contribution in [1.29, 1.82) is 0 Å². The summed E-state index contributed by atoms with van der Waals surface area (Å²) < 4.78 is 6.36. The Morgan fingerprint density at radius 3 is 2.79 bits per heavy atom. The number of ether oxygens (including phenoxy) is 1. The molecule has 1 saturated carbocycles. The Hall–Kier alpha value is -1.20. The third kappa shape index (κ3) is 2.93. The van der Waals surface area contributed by atoms with Gasteiger partial charge in [0.1, 0.15) is 17.3 Å². The molecule has 0 bridgehead atoms. The number of fused-ring (bicyclic) bond motifs is 3. The molecule has 24 heavy (non-hydrogen) atoms. The van der Waals surface area contributed by atoms with E-state index in [1.54, 1.807) is 17.7 Å². The van der Waals surface area contributed by atoms with Crippen molar-refractivity contribution in [1.82, 2.24) is 9.97 Å². The second-order valence-corrected chi connectivity index (χ2v) is 8.30. The first-order valence-corrected chi connectivity index (χ1v) is 10.2. The lowest BCUT2D eigenvalue weighted by atomic mass is 9.86. The summed E-state index contributed by atoms with van der Waals surface area (Å²) in [6, 6.07) is 0. The van der Waals surface area contributed by atoms with Crippen molar-refractivity contribution in [2.75, 3.05) is 6.61 Å². The zero-order valence-electron chi connectivity index (χ0n) is 14.3. The first kappa shape index (κ1) is 16.3. The first-order valence-electron chi connectivity index (χ1n) is 9.33. The van der Waals surface area contributed by atoms with Crippen molar-refractivity contribution in [2.24, 2.45) is 5.92 Å². The van der Waals surface area contributed by atoms with Crippen LogP contribution in [0.15, 0.2) is 6.33 Å². The maximum absolute atomic E-state index is 9.38. The highest BCUT2D eigenvalue weighted by Gasteiger charge is 2.30. The lowest BCUT2D eigenvalue weighted by molar-refractivity contribution is 0.126. The van der Waals surface area contributed by atoms with E-state index < -0.39 is 0 Å². The van der Waals surface area contributed by atoms with Gasteiger partial charge in [0, 0.05) is 11.5 Å². The van der Waals surface area contributed by atoms with E-state index in [9.17, 15) is 5.11 Å². The second-order valence-electron chi connectivity index (χ2n) is 7.21. The van der Waals surface area contributed by atoms with Crippen molar-refractivity contribution >= 4 is 21.6 Å². The van der Waals surface area contributed by atoms with Gasteiger partial charge in [0.05, 0.1) is 5.39 Å². The van der Waals surface area contributed by atoms with E-state index in [1.165, 1.54) is 29.7 Å². The number of hydrogen-bond acceptors (Lipinski definition) is 5. The zero-order valence-corrected chi connectivity index (χ0v) is 15.1. The minimum Gasteiger partial charge on any atom is -0.474 e. The Morgan fingerprint density at radius 2 is 2.04 bits per heavy atom. The van der Waals surface area contributed by atoms with E-state index in [2.05, 4.69) is 16.9 Å². The summed E-state index contributed by atoms with van der Waals surface area (Å²) >= 11 is 1.78. The first-order chi connectivity index (χ1) is 11.8. The van der Waals surface area contributed by atoms with Crippen LogP contribution in [0.1, 0.15) is 68.2 Å². The molecule has 2 heterocycles. The lowest BCUT2D eigenvalue weighted by Crippen LogP contribution is -2.24. The third-order valence-electron chi connectivity index (χ3n) is 5.82. The molecule has 0 amide bonds. The number of rotatable bonds is 5. The van der Waals surface area contributed by atoms with Crippen LogP contribution in [0.4, 0.5) is 0 Å². The maximum atomic E-state index is 9.38. The molecule has 2 aromatic rings. The zero-order chi connectivity index (χ0) is 16.5. The van der Waals surface area contributed by atoms with Gasteiger partial charge in [0.15, 0.2) is 0 Å². The van der Waals surface area contributed by atoms with Gasteiger partial charge in [-0.2, -0.15) is 0 Å². The highest BCUT2D eigenvalue weighted by atomic mass is 32.1. The summed E-state index contributed by atoms with van der Waals surface area (Å²) in [5.41, 5.74) is 1.36. The smallest absolute Gasteiger partial charge is 0.225 e. The number of nitrogens with zero attached hydrogens (tertiary/aromatic N) is 2. The molecule has 1 atom stereocenters. The van der Waals surface area contributed by atoms with Crippen LogP contribution in [-0.2, 0) is 6.42 Å². The third-order valence-corrected chi connectivity index (χ3v) is 7.00. The fourth-order valence-corrected chi connectivity index (χ4v) is 5.62. The minimum atomic E-state index is 0.242. The van der Waals surface area contributed by atoms with Crippen LogP contribution in [0.5, 0.6) is 5.88 Å². The SMILES string of the molecule is CCC1CCC(Oc2ncnc3sc4c(c23)[C@@H](CCO)CC4)CC1. The van der Waals surface area contributed by atoms with Crippen LogP contribution < -0.4 is 4.74 Å². The molecule has 0 unspecified atom stereocenters. The summed E-state index contributed by atoms with van der Waals surface area (Å²) in [5, 5.41) is 10.5. The maximum Gasteiger partial charge on any atom is 0.225 e. The van der Waals surface area contributed by atoms with Gasteiger partial charge in [-0.15, -0.1) is 11.3 Å². The van der Waals surface area contributed by atoms with Gasteiger partial charge in [-0.1, -0.05) is 13.3 Å². The number of aromatic nitrogens is 2. The monoisotopic (exact) mass is 346 g/mol. The summed E-state index contributed by atoms with van der Waals surface area (Å²) in [4.78, 5) is 11.4. The average molecular weight is 346 g/mol. The molecule has 5 heteroatoms. The summed E-state index contributed by atoms with van der Waals surface area (Å²) in [6.45, 7) is 2.53. The summed E-state index contributed by atoms with van der Waals surface area (Å²) in [6.07, 6.45) is 11.1. The van der Waals surface area contributed by atoms with Gasteiger partial charge in [-0.05, 0) is 62.3 Å². The molecule has 4 rings (SSSR count). The Morgan fingerprint density at radius 1 is 1.21 bits per heavy atom. The van der Waals surface area contributed by atoms with Crippen molar-refractivity contribution < 1.29 is 9.84 Å². The van der Waals surface area contributed by atoms with Gasteiger partial charge < -0.3 is 9.84 Å². The number of aliphatic hydroxyl groups is 1. The fraction of sp³-hybridized carbons (Fsp3) is 0.684. The van der Waals surface area contributed by atoms with Crippen LogP contribution in [0.25, 0.3) is 10.2 Å². The molecule has 0 saturated heterocycles. The molecule has 2 aliphatic carbocycles. The Labute approximate surface area is 147 Å². The topological polar surface area (TPSA) is 55.2 Å². The number of aliphatic hydroxyl groups excluding tert-OH is 1. The number of aryl methyl sites for hydroxylation is 1. The predicted octanol–water partition coefficient (Wildman–Crippen LogP) is 4.45. The molecular weight excluding hydrogens is 320 g/mol. The molecule has 0 aliphatic heterocycles. The predicted molar refractivity (Wildman–Crippen MR) is 96.8 cm³/mol. The van der Waals surface area contributed by atoms with Gasteiger partial charge in [0.2, 0.25) is 5.88 Å². The van der Waals surface area contributed by atoms with E-state index >= 15 is 0 Å². The van der Waals surface area contributed by atoms with Crippen molar-refractivity contribution in [2.45, 2.75) is 70.3 Å². The molecule has 0 spiro atoms. The normalized spacial score (nSPS) is 26.7. The van der Waals surface area contributed by atoms with Crippen LogP contribution in [0, 0.1) is 5.92 Å². The van der Waals surface area contributed by atoms with Gasteiger partial charge in [0.25, 0.3) is 0 Å². The van der Waals surface area contributed by atoms with Gasteiger partial charge in [-0.25, -0.2) is 9.97 Å². The Bertz CT molecular complexity index is 707. The van der Waals surface area contributed by atoms with E-state index in [0.29, 0.717) is 12.0 Å². The Balaban J connectivity index is 1.62. The molecule has 1 fully saturated rings. The average Bonchev–Trinajstić information content (AvgIpc) is 3.16. The molecule has 130 valence electrons. The van der Waals surface area contributed by atoms with Crippen LogP contribution in [0.3, 0.4) is 0 Å². The highest BCUT2D eigenvalue weighted by molar-refractivity contribution is 7.19. The molecule has 0 radical (unpaired) electrons.